The lowest BCUT2D eigenvalue weighted by Gasteiger charge is -2.43. The highest BCUT2D eigenvalue weighted by Gasteiger charge is 2.46. The van der Waals surface area contributed by atoms with Crippen molar-refractivity contribution in [1.29, 1.82) is 0 Å². The number of carbonyl (C=O) groups excluding carboxylic acids is 1. The highest BCUT2D eigenvalue weighted by Crippen LogP contribution is 2.45. The molecule has 2 aromatic rings. The normalized spacial score (nSPS) is 23.9. The van der Waals surface area contributed by atoms with Gasteiger partial charge in [0.15, 0.2) is 0 Å². The van der Waals surface area contributed by atoms with Gasteiger partial charge in [-0.3, -0.25) is 9.59 Å². The number of aliphatic carboxylic acids is 1. The fourth-order valence-electron chi connectivity index (χ4n) is 4.90. The second-order valence-corrected chi connectivity index (χ2v) is 11.4. The number of sulfonamides is 1. The highest BCUT2D eigenvalue weighted by atomic mass is 35.5. The zero-order valence-electron chi connectivity index (χ0n) is 17.9. The van der Waals surface area contributed by atoms with Gasteiger partial charge in [-0.15, -0.1) is 0 Å². The van der Waals surface area contributed by atoms with Crippen molar-refractivity contribution in [2.24, 2.45) is 5.92 Å². The van der Waals surface area contributed by atoms with Crippen LogP contribution in [-0.4, -0.2) is 60.5 Å². The van der Waals surface area contributed by atoms with Gasteiger partial charge in [0, 0.05) is 35.2 Å². The monoisotopic (exact) mass is 510 g/mol. The second kappa shape index (κ2) is 9.25. The minimum absolute atomic E-state index is 0.134. The van der Waals surface area contributed by atoms with Crippen molar-refractivity contribution in [3.8, 4) is 0 Å². The van der Waals surface area contributed by atoms with E-state index in [0.717, 1.165) is 6.42 Å². The van der Waals surface area contributed by atoms with E-state index in [1.54, 1.807) is 41.3 Å². The van der Waals surface area contributed by atoms with Crippen LogP contribution in [0.15, 0.2) is 42.5 Å². The molecule has 0 aromatic heterocycles. The van der Waals surface area contributed by atoms with Gasteiger partial charge in [-0.05, 0) is 48.1 Å². The van der Waals surface area contributed by atoms with Crippen molar-refractivity contribution >= 4 is 45.1 Å². The Hall–Kier alpha value is -2.13. The SMILES string of the molecule is CS(=O)(=O)N1CCCC(CN2C(=O)c3ccccc3[C@@H](C(=O)O)[C@@H]2c2ccc(Cl)cc2Cl)C1. The molecule has 33 heavy (non-hydrogen) atoms. The third kappa shape index (κ3) is 4.75. The number of amides is 1. The number of benzene rings is 2. The predicted molar refractivity (Wildman–Crippen MR) is 126 cm³/mol. The van der Waals surface area contributed by atoms with Gasteiger partial charge in [-0.25, -0.2) is 12.7 Å². The number of halogens is 2. The largest absolute Gasteiger partial charge is 0.481 e. The standard InChI is InChI=1S/C23H24Cl2N2O5S/c1-33(31,32)26-10-4-5-14(12-26)13-27-21(18-9-8-15(24)11-19(18)25)20(23(29)30)16-6-2-3-7-17(16)22(27)28/h2-3,6-9,11,14,20-21H,4-5,10,12-13H2,1H3,(H,29,30)/t14?,20-,21+/m1/s1. The van der Waals surface area contributed by atoms with Crippen LogP contribution in [0.2, 0.25) is 10.0 Å². The third-order valence-corrected chi connectivity index (χ3v) is 8.22. The Morgan fingerprint density at radius 3 is 2.55 bits per heavy atom. The van der Waals surface area contributed by atoms with Crippen molar-refractivity contribution in [3.05, 3.63) is 69.2 Å². The molecule has 2 aliphatic rings. The summed E-state index contributed by atoms with van der Waals surface area (Å²) < 4.78 is 25.6. The molecule has 1 unspecified atom stereocenters. The smallest absolute Gasteiger partial charge is 0.313 e. The quantitative estimate of drug-likeness (QED) is 0.654. The van der Waals surface area contributed by atoms with Crippen molar-refractivity contribution < 1.29 is 23.1 Å². The molecule has 2 aliphatic heterocycles. The van der Waals surface area contributed by atoms with E-state index in [4.69, 9.17) is 23.2 Å². The van der Waals surface area contributed by atoms with E-state index in [1.807, 2.05) is 0 Å². The molecule has 0 bridgehead atoms. The number of carbonyl (C=O) groups is 2. The summed E-state index contributed by atoms with van der Waals surface area (Å²) >= 11 is 12.6. The number of carboxylic acid groups (broad SMARTS) is 1. The molecular weight excluding hydrogens is 487 g/mol. The van der Waals surface area contributed by atoms with Crippen molar-refractivity contribution in [2.45, 2.75) is 24.8 Å². The van der Waals surface area contributed by atoms with Crippen LogP contribution in [0.1, 0.15) is 46.3 Å². The molecule has 0 spiro atoms. The first-order valence-electron chi connectivity index (χ1n) is 10.6. The van der Waals surface area contributed by atoms with E-state index < -0.39 is 28.0 Å². The summed E-state index contributed by atoms with van der Waals surface area (Å²) in [4.78, 5) is 27.7. The number of piperidine rings is 1. The average Bonchev–Trinajstić information content (AvgIpc) is 2.75. The van der Waals surface area contributed by atoms with Gasteiger partial charge >= 0.3 is 5.97 Å². The molecule has 3 atom stereocenters. The van der Waals surface area contributed by atoms with E-state index in [1.165, 1.54) is 16.6 Å². The fraction of sp³-hybridized carbons (Fsp3) is 0.391. The van der Waals surface area contributed by atoms with Crippen LogP contribution in [0.25, 0.3) is 0 Å². The minimum Gasteiger partial charge on any atom is -0.481 e. The molecule has 4 rings (SSSR count). The summed E-state index contributed by atoms with van der Waals surface area (Å²) in [5, 5.41) is 10.9. The molecule has 176 valence electrons. The van der Waals surface area contributed by atoms with Crippen LogP contribution < -0.4 is 0 Å². The van der Waals surface area contributed by atoms with Crippen molar-refractivity contribution in [2.75, 3.05) is 25.9 Å². The van der Waals surface area contributed by atoms with E-state index >= 15 is 0 Å². The van der Waals surface area contributed by atoms with Crippen molar-refractivity contribution in [1.82, 2.24) is 9.21 Å². The van der Waals surface area contributed by atoms with Crippen LogP contribution >= 0.6 is 23.2 Å². The predicted octanol–water partition coefficient (Wildman–Crippen LogP) is 4.03. The topological polar surface area (TPSA) is 95.0 Å². The van der Waals surface area contributed by atoms with Crippen LogP contribution in [0.4, 0.5) is 0 Å². The lowest BCUT2D eigenvalue weighted by Crippen LogP contribution is -2.49. The molecule has 0 radical (unpaired) electrons. The summed E-state index contributed by atoms with van der Waals surface area (Å²) in [5.41, 5.74) is 1.26. The lowest BCUT2D eigenvalue weighted by atomic mass is 9.79. The molecule has 7 nitrogen and oxygen atoms in total. The van der Waals surface area contributed by atoms with Gasteiger partial charge in [0.05, 0.1) is 12.3 Å². The maximum Gasteiger partial charge on any atom is 0.313 e. The zero-order chi connectivity index (χ0) is 23.9. The first-order chi connectivity index (χ1) is 15.6. The van der Waals surface area contributed by atoms with Gasteiger partial charge in [0.2, 0.25) is 10.0 Å². The lowest BCUT2D eigenvalue weighted by molar-refractivity contribution is -0.140. The fourth-order valence-corrected chi connectivity index (χ4v) is 6.37. The average molecular weight is 511 g/mol. The molecule has 1 saturated heterocycles. The molecule has 2 aromatic carbocycles. The maximum absolute atomic E-state index is 13.6. The number of hydrogen-bond donors (Lipinski definition) is 1. The Kier molecular flexibility index (Phi) is 6.73. The van der Waals surface area contributed by atoms with Gasteiger partial charge in [0.25, 0.3) is 5.91 Å². The van der Waals surface area contributed by atoms with E-state index in [-0.39, 0.29) is 29.9 Å². The molecule has 2 heterocycles. The highest BCUT2D eigenvalue weighted by molar-refractivity contribution is 7.88. The Labute approximate surface area is 202 Å². The minimum atomic E-state index is -3.36. The van der Waals surface area contributed by atoms with E-state index in [2.05, 4.69) is 0 Å². The van der Waals surface area contributed by atoms with Crippen LogP contribution in [0.5, 0.6) is 0 Å². The third-order valence-electron chi connectivity index (χ3n) is 6.39. The number of nitrogens with zero attached hydrogens (tertiary/aromatic N) is 2. The molecule has 1 N–H and O–H groups in total. The Morgan fingerprint density at radius 1 is 1.15 bits per heavy atom. The van der Waals surface area contributed by atoms with E-state index in [0.29, 0.717) is 34.7 Å². The van der Waals surface area contributed by atoms with Crippen LogP contribution in [-0.2, 0) is 14.8 Å². The van der Waals surface area contributed by atoms with Gasteiger partial charge in [-0.2, -0.15) is 0 Å². The molecule has 1 fully saturated rings. The van der Waals surface area contributed by atoms with Crippen LogP contribution in [0, 0.1) is 5.92 Å². The van der Waals surface area contributed by atoms with Gasteiger partial charge < -0.3 is 10.0 Å². The Balaban J connectivity index is 1.80. The summed E-state index contributed by atoms with van der Waals surface area (Å²) in [6.07, 6.45) is 2.58. The van der Waals surface area contributed by atoms with Gasteiger partial charge in [0.1, 0.15) is 5.92 Å². The maximum atomic E-state index is 13.6. The molecule has 1 amide bonds. The molecule has 10 heteroatoms. The number of rotatable bonds is 5. The first kappa shape index (κ1) is 24.0. The number of fused-ring (bicyclic) bond motifs is 1. The van der Waals surface area contributed by atoms with Gasteiger partial charge in [-0.1, -0.05) is 47.5 Å². The zero-order valence-corrected chi connectivity index (χ0v) is 20.3. The summed E-state index contributed by atoms with van der Waals surface area (Å²) in [7, 11) is -3.36. The molecule has 0 saturated carbocycles. The van der Waals surface area contributed by atoms with Crippen molar-refractivity contribution in [3.63, 3.8) is 0 Å². The summed E-state index contributed by atoms with van der Waals surface area (Å²) in [6.45, 7) is 0.936. The number of hydrogen-bond acceptors (Lipinski definition) is 4. The number of carboxylic acids is 1. The first-order valence-corrected chi connectivity index (χ1v) is 13.2. The Bertz CT molecular complexity index is 1200. The van der Waals surface area contributed by atoms with Crippen LogP contribution in [0.3, 0.4) is 0 Å². The molecule has 0 aliphatic carbocycles. The molecular formula is C23H24Cl2N2O5S. The second-order valence-electron chi connectivity index (χ2n) is 8.60. The Morgan fingerprint density at radius 2 is 1.88 bits per heavy atom. The summed E-state index contributed by atoms with van der Waals surface area (Å²) in [5.74, 6) is -2.54. The van der Waals surface area contributed by atoms with E-state index in [9.17, 15) is 23.1 Å². The summed E-state index contributed by atoms with van der Waals surface area (Å²) in [6, 6.07) is 10.7.